The van der Waals surface area contributed by atoms with E-state index in [9.17, 15) is 4.79 Å². The Morgan fingerprint density at radius 3 is 2.78 bits per heavy atom. The minimum Gasteiger partial charge on any atom is -0.384 e. The lowest BCUT2D eigenvalue weighted by molar-refractivity contribution is 0.164. The van der Waals surface area contributed by atoms with Gasteiger partial charge in [0.2, 0.25) is 0 Å². The minimum atomic E-state index is -0.0594. The summed E-state index contributed by atoms with van der Waals surface area (Å²) >= 11 is 0. The molecule has 0 aliphatic carbocycles. The van der Waals surface area contributed by atoms with Crippen LogP contribution in [-0.4, -0.2) is 29.8 Å². The predicted octanol–water partition coefficient (Wildman–Crippen LogP) is 1.59. The van der Waals surface area contributed by atoms with Crippen LogP contribution in [0.5, 0.6) is 0 Å². The molecule has 0 saturated heterocycles. The first-order valence-corrected chi connectivity index (χ1v) is 6.32. The fourth-order valence-electron chi connectivity index (χ4n) is 1.72. The van der Waals surface area contributed by atoms with Crippen LogP contribution < -0.4 is 10.9 Å². The number of rotatable bonds is 7. The number of hydrogen-bond acceptors (Lipinski definition) is 4. The van der Waals surface area contributed by atoms with Crippen LogP contribution in [0.3, 0.4) is 0 Å². The smallest absolute Gasteiger partial charge is 0.293 e. The largest absolute Gasteiger partial charge is 0.384 e. The van der Waals surface area contributed by atoms with Crippen LogP contribution in [0.25, 0.3) is 0 Å². The van der Waals surface area contributed by atoms with E-state index in [2.05, 4.69) is 31.1 Å². The van der Waals surface area contributed by atoms with Gasteiger partial charge in [-0.3, -0.25) is 4.79 Å². The van der Waals surface area contributed by atoms with Crippen molar-refractivity contribution in [2.75, 3.05) is 25.6 Å². The highest BCUT2D eigenvalue weighted by Gasteiger charge is 2.07. The van der Waals surface area contributed by atoms with Crippen LogP contribution in [0.2, 0.25) is 0 Å². The van der Waals surface area contributed by atoms with Gasteiger partial charge in [-0.1, -0.05) is 20.8 Å². The van der Waals surface area contributed by atoms with Crippen molar-refractivity contribution in [1.29, 1.82) is 0 Å². The lowest BCUT2D eigenvalue weighted by Crippen LogP contribution is -2.28. The zero-order chi connectivity index (χ0) is 13.5. The van der Waals surface area contributed by atoms with Gasteiger partial charge in [0, 0.05) is 32.6 Å². The molecular formula is C13H23N3O2. The monoisotopic (exact) mass is 253 g/mol. The number of ether oxygens (including phenoxy) is 1. The first-order valence-electron chi connectivity index (χ1n) is 6.32. The highest BCUT2D eigenvalue weighted by molar-refractivity contribution is 5.30. The number of nitrogens with zero attached hydrogens (tertiary/aromatic N) is 2. The predicted molar refractivity (Wildman–Crippen MR) is 72.9 cm³/mol. The van der Waals surface area contributed by atoms with Gasteiger partial charge in [-0.05, 0) is 11.8 Å². The average Bonchev–Trinajstić information content (AvgIpc) is 2.30. The van der Waals surface area contributed by atoms with Gasteiger partial charge in [-0.15, -0.1) is 0 Å². The lowest BCUT2D eigenvalue weighted by Gasteiger charge is -2.13. The molecule has 1 aromatic rings. The topological polar surface area (TPSA) is 56.1 Å². The summed E-state index contributed by atoms with van der Waals surface area (Å²) in [4.78, 5) is 16.2. The molecule has 0 radical (unpaired) electrons. The van der Waals surface area contributed by atoms with E-state index in [0.717, 1.165) is 0 Å². The van der Waals surface area contributed by atoms with E-state index in [1.807, 2.05) is 0 Å². The number of methoxy groups -OCH3 is 1. The van der Waals surface area contributed by atoms with Gasteiger partial charge in [0.15, 0.2) is 5.82 Å². The van der Waals surface area contributed by atoms with E-state index in [0.29, 0.717) is 37.4 Å². The summed E-state index contributed by atoms with van der Waals surface area (Å²) < 4.78 is 6.75. The Hall–Kier alpha value is -1.36. The van der Waals surface area contributed by atoms with Gasteiger partial charge >= 0.3 is 0 Å². The first kappa shape index (κ1) is 14.7. The van der Waals surface area contributed by atoms with Crippen LogP contribution in [0, 0.1) is 11.8 Å². The van der Waals surface area contributed by atoms with E-state index in [1.165, 1.54) is 0 Å². The van der Waals surface area contributed by atoms with Crippen molar-refractivity contribution in [2.24, 2.45) is 11.8 Å². The van der Waals surface area contributed by atoms with Crippen LogP contribution in [-0.2, 0) is 11.3 Å². The molecule has 0 aliphatic rings. The number of anilines is 1. The molecule has 0 spiro atoms. The van der Waals surface area contributed by atoms with Crippen molar-refractivity contribution in [2.45, 2.75) is 27.3 Å². The zero-order valence-electron chi connectivity index (χ0n) is 11.6. The summed E-state index contributed by atoms with van der Waals surface area (Å²) in [6.45, 7) is 8.29. The van der Waals surface area contributed by atoms with Crippen molar-refractivity contribution in [3.8, 4) is 0 Å². The SMILES string of the molecule is COCC(C)CNc1nccn(CC(C)C)c1=O. The summed E-state index contributed by atoms with van der Waals surface area (Å²) in [5, 5.41) is 3.09. The average molecular weight is 253 g/mol. The molecule has 0 aliphatic heterocycles. The van der Waals surface area contributed by atoms with E-state index in [4.69, 9.17) is 4.74 Å². The van der Waals surface area contributed by atoms with Crippen molar-refractivity contribution >= 4 is 5.82 Å². The highest BCUT2D eigenvalue weighted by atomic mass is 16.5. The second kappa shape index (κ2) is 7.16. The number of nitrogens with one attached hydrogen (secondary N) is 1. The summed E-state index contributed by atoms with van der Waals surface area (Å²) in [6.07, 6.45) is 3.39. The maximum absolute atomic E-state index is 12.1. The third-order valence-electron chi connectivity index (χ3n) is 2.54. The Kier molecular flexibility index (Phi) is 5.85. The van der Waals surface area contributed by atoms with Crippen LogP contribution in [0.15, 0.2) is 17.2 Å². The third kappa shape index (κ3) is 4.49. The Morgan fingerprint density at radius 2 is 2.17 bits per heavy atom. The van der Waals surface area contributed by atoms with Gasteiger partial charge in [0.05, 0.1) is 6.61 Å². The standard InChI is InChI=1S/C13H23N3O2/c1-10(2)8-16-6-5-14-12(13(16)17)15-7-11(3)9-18-4/h5-6,10-11H,7-9H2,1-4H3,(H,14,15). The Bertz CT molecular complexity index is 415. The number of aromatic nitrogens is 2. The fraction of sp³-hybridized carbons (Fsp3) is 0.692. The Balaban J connectivity index is 2.69. The summed E-state index contributed by atoms with van der Waals surface area (Å²) in [7, 11) is 1.67. The van der Waals surface area contributed by atoms with Crippen molar-refractivity contribution in [3.63, 3.8) is 0 Å². The maximum atomic E-state index is 12.1. The molecule has 0 amide bonds. The molecule has 1 aromatic heterocycles. The second-order valence-electron chi connectivity index (χ2n) is 5.07. The van der Waals surface area contributed by atoms with E-state index in [1.54, 1.807) is 24.1 Å². The van der Waals surface area contributed by atoms with Crippen molar-refractivity contribution in [3.05, 3.63) is 22.7 Å². The van der Waals surface area contributed by atoms with E-state index >= 15 is 0 Å². The molecule has 18 heavy (non-hydrogen) atoms. The van der Waals surface area contributed by atoms with E-state index in [-0.39, 0.29) is 5.56 Å². The second-order valence-corrected chi connectivity index (χ2v) is 5.07. The van der Waals surface area contributed by atoms with Gasteiger partial charge in [-0.25, -0.2) is 4.98 Å². The van der Waals surface area contributed by atoms with Gasteiger partial charge in [-0.2, -0.15) is 0 Å². The Morgan fingerprint density at radius 1 is 1.44 bits per heavy atom. The molecular weight excluding hydrogens is 230 g/mol. The zero-order valence-corrected chi connectivity index (χ0v) is 11.6. The quantitative estimate of drug-likeness (QED) is 0.802. The molecule has 1 N–H and O–H groups in total. The Labute approximate surface area is 108 Å². The first-order chi connectivity index (χ1) is 8.54. The van der Waals surface area contributed by atoms with Crippen LogP contribution >= 0.6 is 0 Å². The number of hydrogen-bond donors (Lipinski definition) is 1. The third-order valence-corrected chi connectivity index (χ3v) is 2.54. The molecule has 0 bridgehead atoms. The normalized spacial score (nSPS) is 12.7. The molecule has 102 valence electrons. The molecule has 1 unspecified atom stereocenters. The van der Waals surface area contributed by atoms with Crippen molar-refractivity contribution < 1.29 is 4.74 Å². The summed E-state index contributed by atoms with van der Waals surface area (Å²) in [5.74, 6) is 1.20. The molecule has 1 heterocycles. The van der Waals surface area contributed by atoms with Gasteiger partial charge < -0.3 is 14.6 Å². The van der Waals surface area contributed by atoms with Crippen LogP contribution in [0.4, 0.5) is 5.82 Å². The molecule has 5 heteroatoms. The van der Waals surface area contributed by atoms with E-state index < -0.39 is 0 Å². The maximum Gasteiger partial charge on any atom is 0.293 e. The molecule has 1 rings (SSSR count). The van der Waals surface area contributed by atoms with Crippen molar-refractivity contribution in [1.82, 2.24) is 9.55 Å². The molecule has 1 atom stereocenters. The molecule has 0 saturated carbocycles. The van der Waals surface area contributed by atoms with Crippen LogP contribution in [0.1, 0.15) is 20.8 Å². The van der Waals surface area contributed by atoms with Gasteiger partial charge in [0.25, 0.3) is 5.56 Å². The molecule has 5 nitrogen and oxygen atoms in total. The van der Waals surface area contributed by atoms with Gasteiger partial charge in [0.1, 0.15) is 0 Å². The molecule has 0 fully saturated rings. The summed E-state index contributed by atoms with van der Waals surface area (Å²) in [5.41, 5.74) is -0.0594. The minimum absolute atomic E-state index is 0.0594. The lowest BCUT2D eigenvalue weighted by atomic mass is 10.2. The summed E-state index contributed by atoms with van der Waals surface area (Å²) in [6, 6.07) is 0. The fourth-order valence-corrected chi connectivity index (χ4v) is 1.72. The highest BCUT2D eigenvalue weighted by Crippen LogP contribution is 2.01. The molecule has 0 aromatic carbocycles.